The van der Waals surface area contributed by atoms with E-state index in [-0.39, 0.29) is 6.61 Å². The van der Waals surface area contributed by atoms with Crippen LogP contribution >= 0.6 is 0 Å². The predicted octanol–water partition coefficient (Wildman–Crippen LogP) is 3.20. The number of benzene rings is 1. The van der Waals surface area contributed by atoms with E-state index < -0.39 is 6.10 Å². The van der Waals surface area contributed by atoms with Gasteiger partial charge in [0.2, 0.25) is 0 Å². The van der Waals surface area contributed by atoms with E-state index in [4.69, 9.17) is 9.47 Å². The van der Waals surface area contributed by atoms with Gasteiger partial charge in [0.05, 0.1) is 7.11 Å². The van der Waals surface area contributed by atoms with Crippen molar-refractivity contribution >= 4 is 6.08 Å². The topological polar surface area (TPSA) is 41.9 Å². The lowest BCUT2D eigenvalue weighted by atomic mass is 10.2. The fourth-order valence-corrected chi connectivity index (χ4v) is 2.22. The van der Waals surface area contributed by atoms with Gasteiger partial charge in [-0.25, -0.2) is 0 Å². The van der Waals surface area contributed by atoms with Gasteiger partial charge in [-0.2, -0.15) is 0 Å². The molecule has 0 bridgehead atoms. The predicted molar refractivity (Wildman–Crippen MR) is 91.6 cm³/mol. The minimum absolute atomic E-state index is 0.260. The van der Waals surface area contributed by atoms with E-state index in [2.05, 4.69) is 11.8 Å². The van der Waals surface area contributed by atoms with Crippen molar-refractivity contribution in [1.29, 1.82) is 0 Å². The second-order valence-electron chi connectivity index (χ2n) is 5.49. The highest BCUT2D eigenvalue weighted by Gasteiger charge is 2.11. The van der Waals surface area contributed by atoms with Crippen molar-refractivity contribution < 1.29 is 14.6 Å². The van der Waals surface area contributed by atoms with Gasteiger partial charge >= 0.3 is 0 Å². The van der Waals surface area contributed by atoms with Crippen molar-refractivity contribution in [1.82, 2.24) is 4.90 Å². The number of allylic oxidation sites excluding steroid dienone is 1. The molecule has 4 nitrogen and oxygen atoms in total. The number of rotatable bonds is 10. The molecule has 1 aromatic rings. The SMILES string of the molecule is C/C=C/c1ccc(OCC(O)CN(C)CCCC)c(OC)c1. The molecule has 0 aliphatic heterocycles. The summed E-state index contributed by atoms with van der Waals surface area (Å²) in [6, 6.07) is 5.77. The van der Waals surface area contributed by atoms with Gasteiger partial charge < -0.3 is 19.5 Å². The van der Waals surface area contributed by atoms with Gasteiger partial charge in [0.15, 0.2) is 11.5 Å². The number of likely N-dealkylation sites (N-methyl/N-ethyl adjacent to an activating group) is 1. The first kappa shape index (κ1) is 18.5. The molecule has 1 rings (SSSR count). The molecule has 0 aliphatic rings. The Kier molecular flexibility index (Phi) is 8.63. The molecular weight excluding hydrogens is 278 g/mol. The number of unbranched alkanes of at least 4 members (excludes halogenated alkanes) is 1. The molecule has 0 saturated carbocycles. The van der Waals surface area contributed by atoms with E-state index in [0.717, 1.165) is 24.9 Å². The third kappa shape index (κ3) is 6.50. The highest BCUT2D eigenvalue weighted by atomic mass is 16.5. The molecule has 0 heterocycles. The van der Waals surface area contributed by atoms with Gasteiger partial charge in [-0.1, -0.05) is 31.6 Å². The molecule has 22 heavy (non-hydrogen) atoms. The maximum absolute atomic E-state index is 10.1. The Morgan fingerprint density at radius 3 is 2.73 bits per heavy atom. The van der Waals surface area contributed by atoms with Crippen molar-refractivity contribution in [3.05, 3.63) is 29.8 Å². The van der Waals surface area contributed by atoms with Gasteiger partial charge in [-0.15, -0.1) is 0 Å². The molecule has 124 valence electrons. The molecule has 1 aromatic carbocycles. The first-order valence-corrected chi connectivity index (χ1v) is 7.90. The fraction of sp³-hybridized carbons (Fsp3) is 0.556. The van der Waals surface area contributed by atoms with Crippen molar-refractivity contribution in [3.63, 3.8) is 0 Å². The summed E-state index contributed by atoms with van der Waals surface area (Å²) < 4.78 is 11.1. The minimum atomic E-state index is -0.512. The number of ether oxygens (including phenoxy) is 2. The zero-order chi connectivity index (χ0) is 16.4. The van der Waals surface area contributed by atoms with Crippen molar-refractivity contribution in [3.8, 4) is 11.5 Å². The Hall–Kier alpha value is -1.52. The average molecular weight is 307 g/mol. The highest BCUT2D eigenvalue weighted by molar-refractivity contribution is 5.55. The molecule has 0 aliphatic carbocycles. The first-order valence-electron chi connectivity index (χ1n) is 7.90. The summed E-state index contributed by atoms with van der Waals surface area (Å²) >= 11 is 0. The summed E-state index contributed by atoms with van der Waals surface area (Å²) in [4.78, 5) is 2.13. The maximum atomic E-state index is 10.1. The lowest BCUT2D eigenvalue weighted by molar-refractivity contribution is 0.0749. The van der Waals surface area contributed by atoms with Gasteiger partial charge in [0, 0.05) is 6.54 Å². The zero-order valence-electron chi connectivity index (χ0n) is 14.2. The number of hydrogen-bond donors (Lipinski definition) is 1. The number of hydrogen-bond acceptors (Lipinski definition) is 4. The van der Waals surface area contributed by atoms with Crippen molar-refractivity contribution in [2.24, 2.45) is 0 Å². The summed E-state index contributed by atoms with van der Waals surface area (Å²) in [5.74, 6) is 1.34. The van der Waals surface area contributed by atoms with Crippen molar-refractivity contribution in [2.45, 2.75) is 32.8 Å². The van der Waals surface area contributed by atoms with E-state index in [9.17, 15) is 5.11 Å². The molecule has 0 radical (unpaired) electrons. The summed E-state index contributed by atoms with van der Waals surface area (Å²) in [6.45, 7) is 6.00. The van der Waals surface area contributed by atoms with Gasteiger partial charge in [0.25, 0.3) is 0 Å². The second kappa shape index (κ2) is 10.2. The molecule has 1 N–H and O–H groups in total. The maximum Gasteiger partial charge on any atom is 0.161 e. The largest absolute Gasteiger partial charge is 0.493 e. The van der Waals surface area contributed by atoms with Crippen LogP contribution in [0.25, 0.3) is 6.08 Å². The zero-order valence-corrected chi connectivity index (χ0v) is 14.2. The Morgan fingerprint density at radius 2 is 2.09 bits per heavy atom. The number of aliphatic hydroxyl groups is 1. The second-order valence-corrected chi connectivity index (χ2v) is 5.49. The van der Waals surface area contributed by atoms with Crippen LogP contribution in [0.15, 0.2) is 24.3 Å². The summed E-state index contributed by atoms with van der Waals surface area (Å²) in [5, 5.41) is 10.1. The minimum Gasteiger partial charge on any atom is -0.493 e. The first-order chi connectivity index (χ1) is 10.6. The normalized spacial score (nSPS) is 12.8. The van der Waals surface area contributed by atoms with Crippen LogP contribution in [-0.2, 0) is 0 Å². The molecule has 0 fully saturated rings. The van der Waals surface area contributed by atoms with E-state index in [1.165, 1.54) is 0 Å². The van der Waals surface area contributed by atoms with Crippen LogP contribution in [0.2, 0.25) is 0 Å². The van der Waals surface area contributed by atoms with E-state index >= 15 is 0 Å². The average Bonchev–Trinajstić information content (AvgIpc) is 2.51. The van der Waals surface area contributed by atoms with Crippen LogP contribution in [0.5, 0.6) is 11.5 Å². The van der Waals surface area contributed by atoms with Crippen LogP contribution < -0.4 is 9.47 Å². The van der Waals surface area contributed by atoms with Crippen LogP contribution in [0.4, 0.5) is 0 Å². The Bertz CT molecular complexity index is 460. The monoisotopic (exact) mass is 307 g/mol. The number of aliphatic hydroxyl groups excluding tert-OH is 1. The third-order valence-corrected chi connectivity index (χ3v) is 3.39. The molecular formula is C18H29NO3. The van der Waals surface area contributed by atoms with E-state index in [1.54, 1.807) is 7.11 Å². The summed E-state index contributed by atoms with van der Waals surface area (Å²) in [5.41, 5.74) is 1.06. The molecule has 0 aromatic heterocycles. The molecule has 4 heteroatoms. The van der Waals surface area contributed by atoms with Gasteiger partial charge in [0.1, 0.15) is 12.7 Å². The van der Waals surface area contributed by atoms with Gasteiger partial charge in [-0.3, -0.25) is 0 Å². The summed E-state index contributed by atoms with van der Waals surface area (Å²) in [6.07, 6.45) is 5.77. The van der Waals surface area contributed by atoms with Crippen LogP contribution in [-0.4, -0.2) is 50.0 Å². The van der Waals surface area contributed by atoms with E-state index in [0.29, 0.717) is 18.0 Å². The van der Waals surface area contributed by atoms with Crippen molar-refractivity contribution in [2.75, 3.05) is 33.9 Å². The number of nitrogens with zero attached hydrogens (tertiary/aromatic N) is 1. The lowest BCUT2D eigenvalue weighted by Crippen LogP contribution is -2.33. The Balaban J connectivity index is 2.52. The molecule has 0 saturated heterocycles. The van der Waals surface area contributed by atoms with E-state index in [1.807, 2.05) is 44.3 Å². The lowest BCUT2D eigenvalue weighted by Gasteiger charge is -2.21. The Labute approximate surface area is 134 Å². The Morgan fingerprint density at radius 1 is 1.32 bits per heavy atom. The van der Waals surface area contributed by atoms with Crippen LogP contribution in [0.3, 0.4) is 0 Å². The quantitative estimate of drug-likeness (QED) is 0.721. The molecule has 0 amide bonds. The smallest absolute Gasteiger partial charge is 0.161 e. The van der Waals surface area contributed by atoms with Crippen LogP contribution in [0, 0.1) is 0 Å². The third-order valence-electron chi connectivity index (χ3n) is 3.39. The fourth-order valence-electron chi connectivity index (χ4n) is 2.22. The number of methoxy groups -OCH3 is 1. The standard InChI is InChI=1S/C18H29NO3/c1-5-7-11-19(3)13-16(20)14-22-17-10-9-15(8-6-2)12-18(17)21-4/h6,8-10,12,16,20H,5,7,11,13-14H2,1-4H3/b8-6+. The highest BCUT2D eigenvalue weighted by Crippen LogP contribution is 2.28. The van der Waals surface area contributed by atoms with Crippen LogP contribution in [0.1, 0.15) is 32.3 Å². The van der Waals surface area contributed by atoms with Gasteiger partial charge in [-0.05, 0) is 44.6 Å². The molecule has 1 unspecified atom stereocenters. The summed E-state index contributed by atoms with van der Waals surface area (Å²) in [7, 11) is 3.64. The molecule has 0 spiro atoms. The molecule has 1 atom stereocenters.